The van der Waals surface area contributed by atoms with Gasteiger partial charge in [0.25, 0.3) is 5.91 Å². The lowest BCUT2D eigenvalue weighted by atomic mass is 10.0. The third kappa shape index (κ3) is 5.05. The van der Waals surface area contributed by atoms with Gasteiger partial charge in [-0.3, -0.25) is 4.79 Å². The first-order chi connectivity index (χ1) is 14.7. The van der Waals surface area contributed by atoms with E-state index in [0.29, 0.717) is 12.1 Å². The van der Waals surface area contributed by atoms with Gasteiger partial charge >= 0.3 is 0 Å². The van der Waals surface area contributed by atoms with E-state index < -0.39 is 0 Å². The minimum atomic E-state index is -0.0756. The number of rotatable bonds is 6. The van der Waals surface area contributed by atoms with Gasteiger partial charge in [-0.2, -0.15) is 0 Å². The van der Waals surface area contributed by atoms with Crippen molar-refractivity contribution in [1.29, 1.82) is 0 Å². The number of aromatic nitrogens is 1. The van der Waals surface area contributed by atoms with Crippen LogP contribution in [-0.2, 0) is 6.42 Å². The Kier molecular flexibility index (Phi) is 6.40. The summed E-state index contributed by atoms with van der Waals surface area (Å²) in [6, 6.07) is 22.7. The second kappa shape index (κ2) is 9.55. The van der Waals surface area contributed by atoms with Crippen molar-refractivity contribution in [2.75, 3.05) is 44.7 Å². The first kappa shape index (κ1) is 20.1. The Morgan fingerprint density at radius 2 is 1.60 bits per heavy atom. The first-order valence-corrected chi connectivity index (χ1v) is 10.5. The maximum atomic E-state index is 12.4. The second-order valence-electron chi connectivity index (χ2n) is 7.76. The fourth-order valence-electron chi connectivity index (χ4n) is 3.66. The van der Waals surface area contributed by atoms with Crippen LogP contribution < -0.4 is 10.2 Å². The zero-order valence-electron chi connectivity index (χ0n) is 17.4. The number of hydrogen-bond donors (Lipinski definition) is 1. The number of carbonyl (C=O) groups is 1. The number of amides is 1. The van der Waals surface area contributed by atoms with E-state index in [-0.39, 0.29) is 5.91 Å². The predicted molar refractivity (Wildman–Crippen MR) is 122 cm³/mol. The molecule has 0 unspecified atom stereocenters. The number of pyridine rings is 1. The van der Waals surface area contributed by atoms with E-state index in [9.17, 15) is 4.79 Å². The van der Waals surface area contributed by atoms with Crippen LogP contribution in [0.1, 0.15) is 15.9 Å². The van der Waals surface area contributed by atoms with Gasteiger partial charge in [0, 0.05) is 38.9 Å². The number of nitrogens with zero attached hydrogens (tertiary/aromatic N) is 3. The fourth-order valence-corrected chi connectivity index (χ4v) is 3.66. The van der Waals surface area contributed by atoms with E-state index in [1.807, 2.05) is 30.3 Å². The van der Waals surface area contributed by atoms with Crippen LogP contribution in [0.2, 0.25) is 0 Å². The second-order valence-corrected chi connectivity index (χ2v) is 7.76. The lowest BCUT2D eigenvalue weighted by Gasteiger charge is -2.33. The average Bonchev–Trinajstić information content (AvgIpc) is 2.81. The van der Waals surface area contributed by atoms with Crippen molar-refractivity contribution in [3.8, 4) is 11.1 Å². The molecule has 1 N–H and O–H groups in total. The van der Waals surface area contributed by atoms with Gasteiger partial charge in [-0.15, -0.1) is 0 Å². The minimum absolute atomic E-state index is 0.0756. The van der Waals surface area contributed by atoms with E-state index in [1.54, 1.807) is 6.20 Å². The van der Waals surface area contributed by atoms with Crippen molar-refractivity contribution in [3.63, 3.8) is 0 Å². The number of benzene rings is 2. The summed E-state index contributed by atoms with van der Waals surface area (Å²) in [6.45, 7) is 4.62. The van der Waals surface area contributed by atoms with Crippen LogP contribution in [0.3, 0.4) is 0 Å². The predicted octanol–water partition coefficient (Wildman–Crippen LogP) is 3.47. The fraction of sp³-hybridized carbons (Fsp3) is 0.280. The molecule has 0 radical (unpaired) electrons. The molecule has 4 rings (SSSR count). The normalized spacial score (nSPS) is 14.5. The van der Waals surface area contributed by atoms with Crippen LogP contribution >= 0.6 is 0 Å². The molecule has 30 heavy (non-hydrogen) atoms. The molecule has 0 spiro atoms. The minimum Gasteiger partial charge on any atom is -0.354 e. The molecular formula is C25H28N4O. The van der Waals surface area contributed by atoms with Gasteiger partial charge in [-0.25, -0.2) is 4.98 Å². The third-order valence-electron chi connectivity index (χ3n) is 5.60. The van der Waals surface area contributed by atoms with Crippen LogP contribution in [0, 0.1) is 0 Å². The van der Waals surface area contributed by atoms with Crippen molar-refractivity contribution in [2.24, 2.45) is 0 Å². The molecule has 5 heteroatoms. The van der Waals surface area contributed by atoms with Crippen molar-refractivity contribution in [2.45, 2.75) is 6.42 Å². The summed E-state index contributed by atoms with van der Waals surface area (Å²) >= 11 is 0. The Hall–Kier alpha value is -3.18. The van der Waals surface area contributed by atoms with Gasteiger partial charge in [0.15, 0.2) is 0 Å². The molecule has 1 aromatic heterocycles. The standard InChI is InChI=1S/C25H28N4O/c1-28-15-17-29(18-16-28)24-12-11-23(19-27-24)25(30)26-14-13-20-7-9-22(10-8-20)21-5-3-2-4-6-21/h2-12,19H,13-18H2,1H3,(H,26,30). The van der Waals surface area contributed by atoms with E-state index >= 15 is 0 Å². The van der Waals surface area contributed by atoms with Crippen molar-refractivity contribution in [1.82, 2.24) is 15.2 Å². The Morgan fingerprint density at radius 3 is 2.27 bits per heavy atom. The van der Waals surface area contributed by atoms with Gasteiger partial charge in [-0.05, 0) is 42.3 Å². The Morgan fingerprint density at radius 1 is 0.900 bits per heavy atom. The molecule has 1 aliphatic rings. The topological polar surface area (TPSA) is 48.5 Å². The molecule has 1 saturated heterocycles. The van der Waals surface area contributed by atoms with Gasteiger partial charge in [0.1, 0.15) is 5.82 Å². The summed E-state index contributed by atoms with van der Waals surface area (Å²) < 4.78 is 0. The third-order valence-corrected chi connectivity index (χ3v) is 5.60. The van der Waals surface area contributed by atoms with E-state index in [4.69, 9.17) is 0 Å². The van der Waals surface area contributed by atoms with Crippen LogP contribution in [-0.4, -0.2) is 55.6 Å². The van der Waals surface area contributed by atoms with Gasteiger partial charge in [-0.1, -0.05) is 54.6 Å². The maximum absolute atomic E-state index is 12.4. The first-order valence-electron chi connectivity index (χ1n) is 10.5. The van der Waals surface area contributed by atoms with Crippen LogP contribution in [0.5, 0.6) is 0 Å². The quantitative estimate of drug-likeness (QED) is 0.688. The molecule has 0 atom stereocenters. The highest BCUT2D eigenvalue weighted by molar-refractivity contribution is 5.94. The number of carbonyl (C=O) groups excluding carboxylic acids is 1. The summed E-state index contributed by atoms with van der Waals surface area (Å²) in [6.07, 6.45) is 2.48. The molecule has 2 aromatic carbocycles. The monoisotopic (exact) mass is 400 g/mol. The van der Waals surface area contributed by atoms with Crippen molar-refractivity contribution < 1.29 is 4.79 Å². The Labute approximate surface area is 178 Å². The summed E-state index contributed by atoms with van der Waals surface area (Å²) in [5.41, 5.74) is 4.23. The number of anilines is 1. The van der Waals surface area contributed by atoms with Crippen molar-refractivity contribution >= 4 is 11.7 Å². The van der Waals surface area contributed by atoms with E-state index in [2.05, 4.69) is 63.5 Å². The molecule has 0 saturated carbocycles. The SMILES string of the molecule is CN1CCN(c2ccc(C(=O)NCCc3ccc(-c4ccccc4)cc3)cn2)CC1. The molecule has 0 aliphatic carbocycles. The number of likely N-dealkylation sites (N-methyl/N-ethyl adjacent to an activating group) is 1. The highest BCUT2D eigenvalue weighted by Crippen LogP contribution is 2.19. The molecule has 3 aromatic rings. The summed E-state index contributed by atoms with van der Waals surface area (Å²) in [4.78, 5) is 21.5. The number of nitrogens with one attached hydrogen (secondary N) is 1. The molecule has 5 nitrogen and oxygen atoms in total. The van der Waals surface area contributed by atoms with Crippen molar-refractivity contribution in [3.05, 3.63) is 84.1 Å². The lowest BCUT2D eigenvalue weighted by Crippen LogP contribution is -2.44. The molecule has 1 aliphatic heterocycles. The largest absolute Gasteiger partial charge is 0.354 e. The maximum Gasteiger partial charge on any atom is 0.252 e. The van der Waals surface area contributed by atoms with Crippen LogP contribution in [0.25, 0.3) is 11.1 Å². The molecule has 1 fully saturated rings. The molecule has 0 bridgehead atoms. The van der Waals surface area contributed by atoms with Crippen LogP contribution in [0.4, 0.5) is 5.82 Å². The highest BCUT2D eigenvalue weighted by atomic mass is 16.1. The van der Waals surface area contributed by atoms with E-state index in [1.165, 1.54) is 16.7 Å². The zero-order valence-corrected chi connectivity index (χ0v) is 17.4. The van der Waals surface area contributed by atoms with E-state index in [0.717, 1.165) is 38.4 Å². The van der Waals surface area contributed by atoms with Crippen LogP contribution in [0.15, 0.2) is 72.9 Å². The zero-order chi connectivity index (χ0) is 20.8. The lowest BCUT2D eigenvalue weighted by molar-refractivity contribution is 0.0954. The Bertz CT molecular complexity index is 947. The summed E-state index contributed by atoms with van der Waals surface area (Å²) in [7, 11) is 2.13. The average molecular weight is 401 g/mol. The summed E-state index contributed by atoms with van der Waals surface area (Å²) in [5.74, 6) is 0.867. The highest BCUT2D eigenvalue weighted by Gasteiger charge is 2.15. The summed E-state index contributed by atoms with van der Waals surface area (Å²) in [5, 5.41) is 3.00. The number of piperazine rings is 1. The van der Waals surface area contributed by atoms with Gasteiger partial charge in [0.2, 0.25) is 0 Å². The van der Waals surface area contributed by atoms with Gasteiger partial charge < -0.3 is 15.1 Å². The molecule has 2 heterocycles. The number of hydrogen-bond acceptors (Lipinski definition) is 4. The molecular weight excluding hydrogens is 372 g/mol. The van der Waals surface area contributed by atoms with Gasteiger partial charge in [0.05, 0.1) is 5.56 Å². The molecule has 1 amide bonds. The molecule has 154 valence electrons. The Balaban J connectivity index is 1.26. The smallest absolute Gasteiger partial charge is 0.252 e.